The summed E-state index contributed by atoms with van der Waals surface area (Å²) in [6.45, 7) is 2.86. The van der Waals surface area contributed by atoms with Gasteiger partial charge in [0.15, 0.2) is 0 Å². The zero-order valence-electron chi connectivity index (χ0n) is 16.7. The lowest BCUT2D eigenvalue weighted by Crippen LogP contribution is -2.22. The first-order chi connectivity index (χ1) is 14.5. The molecule has 0 radical (unpaired) electrons. The van der Waals surface area contributed by atoms with Gasteiger partial charge in [-0.2, -0.15) is 13.2 Å². The average molecular weight is 478 g/mol. The minimum absolute atomic E-state index is 0.0332. The summed E-state index contributed by atoms with van der Waals surface area (Å²) in [5, 5.41) is 7.17. The second-order valence-electron chi connectivity index (χ2n) is 6.15. The maximum Gasteiger partial charge on any atom is 0.417 e. The number of ether oxygens (including phenoxy) is 1. The molecule has 2 aromatic rings. The Labute approximate surface area is 184 Å². The van der Waals surface area contributed by atoms with Gasteiger partial charge in [0.1, 0.15) is 5.00 Å². The number of halogens is 4. The molecular weight excluding hydrogens is 459 g/mol. The number of hydrogen-bond acceptors (Lipinski definition) is 6. The molecule has 0 atom stereocenters. The smallest absolute Gasteiger partial charge is 0.417 e. The summed E-state index contributed by atoms with van der Waals surface area (Å²) in [5.41, 5.74) is -0.609. The predicted molar refractivity (Wildman–Crippen MR) is 112 cm³/mol. The van der Waals surface area contributed by atoms with Gasteiger partial charge in [-0.3, -0.25) is 9.59 Å². The first-order valence-corrected chi connectivity index (χ1v) is 10.1. The molecule has 0 saturated heterocycles. The Morgan fingerprint density at radius 1 is 1.23 bits per heavy atom. The summed E-state index contributed by atoms with van der Waals surface area (Å²) in [6.07, 6.45) is -4.64. The normalized spacial score (nSPS) is 11.1. The van der Waals surface area contributed by atoms with Gasteiger partial charge in [0, 0.05) is 12.7 Å². The molecule has 2 rings (SSSR count). The first kappa shape index (κ1) is 24.5. The van der Waals surface area contributed by atoms with E-state index in [2.05, 4.69) is 16.0 Å². The van der Waals surface area contributed by atoms with Gasteiger partial charge in [-0.25, -0.2) is 4.79 Å². The number of alkyl halides is 3. The highest BCUT2D eigenvalue weighted by Gasteiger charge is 2.33. The Hall–Kier alpha value is -2.79. The van der Waals surface area contributed by atoms with Crippen LogP contribution in [0, 0.1) is 6.92 Å². The molecule has 3 N–H and O–H groups in total. The van der Waals surface area contributed by atoms with E-state index in [0.29, 0.717) is 5.56 Å². The van der Waals surface area contributed by atoms with Crippen LogP contribution < -0.4 is 16.0 Å². The monoisotopic (exact) mass is 477 g/mol. The number of anilines is 2. The minimum atomic E-state index is -4.64. The third-order valence-corrected chi connectivity index (χ3v) is 5.57. The number of thiophene rings is 1. The summed E-state index contributed by atoms with van der Waals surface area (Å²) in [4.78, 5) is 36.9. The van der Waals surface area contributed by atoms with E-state index in [1.54, 1.807) is 13.8 Å². The molecule has 1 aromatic carbocycles. The van der Waals surface area contributed by atoms with Gasteiger partial charge in [0.2, 0.25) is 5.91 Å². The molecule has 7 nitrogen and oxygen atoms in total. The van der Waals surface area contributed by atoms with Crippen molar-refractivity contribution >= 4 is 51.4 Å². The molecule has 0 spiro atoms. The Bertz CT molecular complexity index is 1010. The second-order valence-corrected chi connectivity index (χ2v) is 7.58. The highest BCUT2D eigenvalue weighted by atomic mass is 35.5. The molecule has 31 heavy (non-hydrogen) atoms. The van der Waals surface area contributed by atoms with Crippen LogP contribution in [0.15, 0.2) is 18.2 Å². The lowest BCUT2D eigenvalue weighted by Gasteiger charge is -2.12. The van der Waals surface area contributed by atoms with Crippen molar-refractivity contribution in [2.45, 2.75) is 20.0 Å². The van der Waals surface area contributed by atoms with Crippen LogP contribution in [0.2, 0.25) is 5.02 Å². The van der Waals surface area contributed by atoms with Crippen LogP contribution in [0.1, 0.15) is 38.1 Å². The number of nitrogens with one attached hydrogen (secondary N) is 3. The summed E-state index contributed by atoms with van der Waals surface area (Å²) >= 11 is 6.47. The van der Waals surface area contributed by atoms with Crippen LogP contribution in [-0.4, -0.2) is 38.0 Å². The number of rotatable bonds is 7. The predicted octanol–water partition coefficient (Wildman–Crippen LogP) is 4.32. The number of amides is 2. The quantitative estimate of drug-likeness (QED) is 0.516. The van der Waals surface area contributed by atoms with E-state index in [0.717, 1.165) is 23.5 Å². The van der Waals surface area contributed by atoms with Crippen molar-refractivity contribution in [2.75, 3.05) is 30.8 Å². The molecular formula is C19H19ClF3N3O4S. The summed E-state index contributed by atoms with van der Waals surface area (Å²) < 4.78 is 43.9. The Kier molecular flexibility index (Phi) is 7.91. The molecule has 0 unspecified atom stereocenters. The van der Waals surface area contributed by atoms with E-state index in [4.69, 9.17) is 16.3 Å². The fourth-order valence-electron chi connectivity index (χ4n) is 2.59. The lowest BCUT2D eigenvalue weighted by atomic mass is 10.1. The van der Waals surface area contributed by atoms with Gasteiger partial charge < -0.3 is 20.7 Å². The fourth-order valence-corrected chi connectivity index (χ4v) is 3.97. The summed E-state index contributed by atoms with van der Waals surface area (Å²) in [6, 6.07) is 3.16. The molecule has 2 amide bonds. The zero-order valence-corrected chi connectivity index (χ0v) is 18.3. The van der Waals surface area contributed by atoms with Crippen molar-refractivity contribution in [1.29, 1.82) is 0 Å². The highest BCUT2D eigenvalue weighted by molar-refractivity contribution is 7.18. The van der Waals surface area contributed by atoms with Crippen molar-refractivity contribution in [3.05, 3.63) is 44.8 Å². The second kappa shape index (κ2) is 10.0. The molecule has 1 heterocycles. The third-order valence-electron chi connectivity index (χ3n) is 4.04. The van der Waals surface area contributed by atoms with Crippen LogP contribution >= 0.6 is 22.9 Å². The van der Waals surface area contributed by atoms with Crippen molar-refractivity contribution < 1.29 is 32.3 Å². The first-order valence-electron chi connectivity index (χ1n) is 8.92. The van der Waals surface area contributed by atoms with E-state index >= 15 is 0 Å². The maximum atomic E-state index is 13.0. The van der Waals surface area contributed by atoms with Crippen LogP contribution in [0.5, 0.6) is 0 Å². The van der Waals surface area contributed by atoms with Crippen LogP contribution in [-0.2, 0) is 15.7 Å². The van der Waals surface area contributed by atoms with Crippen LogP contribution in [0.25, 0.3) is 0 Å². The summed E-state index contributed by atoms with van der Waals surface area (Å²) in [7, 11) is 1.43. The van der Waals surface area contributed by atoms with E-state index < -0.39 is 41.1 Å². The van der Waals surface area contributed by atoms with Gasteiger partial charge in [-0.15, -0.1) is 11.3 Å². The van der Waals surface area contributed by atoms with E-state index in [1.165, 1.54) is 13.1 Å². The van der Waals surface area contributed by atoms with Crippen molar-refractivity contribution in [1.82, 2.24) is 5.32 Å². The van der Waals surface area contributed by atoms with Gasteiger partial charge in [-0.1, -0.05) is 11.6 Å². The minimum Gasteiger partial charge on any atom is -0.462 e. The van der Waals surface area contributed by atoms with E-state index in [1.807, 2.05) is 0 Å². The Morgan fingerprint density at radius 2 is 1.90 bits per heavy atom. The van der Waals surface area contributed by atoms with Gasteiger partial charge >= 0.3 is 12.1 Å². The van der Waals surface area contributed by atoms with Gasteiger partial charge in [0.25, 0.3) is 5.91 Å². The average Bonchev–Trinajstić information content (AvgIpc) is 3.01. The van der Waals surface area contributed by atoms with E-state index in [9.17, 15) is 27.6 Å². The number of carbonyl (C=O) groups is 3. The van der Waals surface area contributed by atoms with E-state index in [-0.39, 0.29) is 27.7 Å². The Morgan fingerprint density at radius 3 is 2.48 bits per heavy atom. The van der Waals surface area contributed by atoms with Crippen LogP contribution in [0.3, 0.4) is 0 Å². The molecule has 0 aliphatic heterocycles. The molecule has 0 fully saturated rings. The molecule has 12 heteroatoms. The largest absolute Gasteiger partial charge is 0.462 e. The van der Waals surface area contributed by atoms with Gasteiger partial charge in [-0.05, 0) is 37.6 Å². The Balaban J connectivity index is 2.20. The topological polar surface area (TPSA) is 96.5 Å². The lowest BCUT2D eigenvalue weighted by molar-refractivity contribution is -0.137. The molecule has 0 aliphatic carbocycles. The highest BCUT2D eigenvalue weighted by Crippen LogP contribution is 2.36. The summed E-state index contributed by atoms with van der Waals surface area (Å²) in [5.74, 6) is -1.78. The SMILES string of the molecule is CCOC(=O)c1c(NC(=O)CNc2ccc(Cl)c(C(F)(F)F)c2)sc(C(=O)NC)c1C. The number of carbonyl (C=O) groups excluding carboxylic acids is 3. The van der Waals surface area contributed by atoms with Crippen LogP contribution in [0.4, 0.5) is 23.9 Å². The maximum absolute atomic E-state index is 13.0. The van der Waals surface area contributed by atoms with Crippen molar-refractivity contribution in [3.8, 4) is 0 Å². The molecule has 0 bridgehead atoms. The number of esters is 1. The van der Waals surface area contributed by atoms with Gasteiger partial charge in [0.05, 0.1) is 34.2 Å². The van der Waals surface area contributed by atoms with Crippen molar-refractivity contribution in [2.24, 2.45) is 0 Å². The van der Waals surface area contributed by atoms with Crippen molar-refractivity contribution in [3.63, 3.8) is 0 Å². The molecule has 0 saturated carbocycles. The third kappa shape index (κ3) is 5.88. The molecule has 1 aromatic heterocycles. The number of hydrogen-bond donors (Lipinski definition) is 3. The molecule has 168 valence electrons. The number of benzene rings is 1. The zero-order chi connectivity index (χ0) is 23.3. The standard InChI is InChI=1S/C19H19ClF3N3O4S/c1-4-30-18(29)14-9(2)15(16(28)24-3)31-17(14)26-13(27)8-25-10-5-6-12(20)11(7-10)19(21,22)23/h5-7,25H,4,8H2,1-3H3,(H,24,28)(H,26,27). The molecule has 0 aliphatic rings. The fraction of sp³-hybridized carbons (Fsp3) is 0.316.